The van der Waals surface area contributed by atoms with Crippen LogP contribution in [-0.4, -0.2) is 40.0 Å². The van der Waals surface area contributed by atoms with E-state index in [-0.39, 0.29) is 16.1 Å². The van der Waals surface area contributed by atoms with Crippen molar-refractivity contribution in [2.75, 3.05) is 26.7 Å². The molecule has 120 valence electrons. The number of hydrogen-bond acceptors (Lipinski definition) is 5. The molecule has 3 N–H and O–H groups in total. The average molecular weight is 380 g/mol. The van der Waals surface area contributed by atoms with Gasteiger partial charge in [0.05, 0.1) is 6.54 Å². The number of furan rings is 1. The molecule has 21 heavy (non-hydrogen) atoms. The zero-order valence-electron chi connectivity index (χ0n) is 12.1. The Morgan fingerprint density at radius 2 is 2.14 bits per heavy atom. The summed E-state index contributed by atoms with van der Waals surface area (Å²) in [7, 11) is -1.43. The first kappa shape index (κ1) is 17.0. The molecule has 0 bridgehead atoms. The molecule has 1 fully saturated rings. The summed E-state index contributed by atoms with van der Waals surface area (Å²) in [5, 5.41) is 0. The SMILES string of the molecule is CN1CCC(CCNS(=O)(=O)c2cc(CN)oc2Br)CC1. The lowest BCUT2D eigenvalue weighted by atomic mass is 9.94. The van der Waals surface area contributed by atoms with Gasteiger partial charge in [-0.25, -0.2) is 13.1 Å². The largest absolute Gasteiger partial charge is 0.452 e. The first-order chi connectivity index (χ1) is 9.92. The van der Waals surface area contributed by atoms with E-state index in [1.807, 2.05) is 0 Å². The quantitative estimate of drug-likeness (QED) is 0.781. The minimum absolute atomic E-state index is 0.117. The van der Waals surface area contributed by atoms with Crippen LogP contribution < -0.4 is 10.5 Å². The highest BCUT2D eigenvalue weighted by molar-refractivity contribution is 9.10. The molecule has 0 saturated carbocycles. The van der Waals surface area contributed by atoms with Gasteiger partial charge >= 0.3 is 0 Å². The molecule has 1 aliphatic rings. The van der Waals surface area contributed by atoms with Gasteiger partial charge in [0.1, 0.15) is 10.7 Å². The summed E-state index contributed by atoms with van der Waals surface area (Å²) in [4.78, 5) is 2.42. The van der Waals surface area contributed by atoms with Crippen LogP contribution in [0, 0.1) is 5.92 Å². The van der Waals surface area contributed by atoms with Gasteiger partial charge in [-0.3, -0.25) is 0 Å². The lowest BCUT2D eigenvalue weighted by Crippen LogP contribution is -2.32. The second-order valence-electron chi connectivity index (χ2n) is 5.49. The van der Waals surface area contributed by atoms with Crippen molar-refractivity contribution in [3.8, 4) is 0 Å². The monoisotopic (exact) mass is 379 g/mol. The fourth-order valence-corrected chi connectivity index (χ4v) is 4.55. The van der Waals surface area contributed by atoms with Crippen LogP contribution in [0.4, 0.5) is 0 Å². The number of halogens is 1. The second-order valence-corrected chi connectivity index (χ2v) is 7.94. The van der Waals surface area contributed by atoms with E-state index in [0.717, 1.165) is 32.4 Å². The third-order valence-corrected chi connectivity index (χ3v) is 6.20. The first-order valence-electron chi connectivity index (χ1n) is 7.09. The molecule has 6 nitrogen and oxygen atoms in total. The van der Waals surface area contributed by atoms with Crippen LogP contribution in [0.3, 0.4) is 0 Å². The predicted octanol–water partition coefficient (Wildman–Crippen LogP) is 1.51. The van der Waals surface area contributed by atoms with Crippen molar-refractivity contribution in [1.82, 2.24) is 9.62 Å². The molecule has 0 amide bonds. The van der Waals surface area contributed by atoms with E-state index in [4.69, 9.17) is 10.2 Å². The topological polar surface area (TPSA) is 88.6 Å². The summed E-state index contributed by atoms with van der Waals surface area (Å²) in [5.74, 6) is 1.04. The van der Waals surface area contributed by atoms with Crippen LogP contribution in [-0.2, 0) is 16.6 Å². The molecule has 0 unspecified atom stereocenters. The summed E-state index contributed by atoms with van der Waals surface area (Å²) in [6, 6.07) is 1.46. The number of nitrogens with one attached hydrogen (secondary N) is 1. The van der Waals surface area contributed by atoms with Crippen molar-refractivity contribution in [2.24, 2.45) is 11.7 Å². The Labute approximate surface area is 134 Å². The minimum Gasteiger partial charge on any atom is -0.452 e. The van der Waals surface area contributed by atoms with Gasteiger partial charge in [-0.2, -0.15) is 0 Å². The highest BCUT2D eigenvalue weighted by atomic mass is 79.9. The van der Waals surface area contributed by atoms with E-state index >= 15 is 0 Å². The van der Waals surface area contributed by atoms with E-state index in [9.17, 15) is 8.42 Å². The molecule has 8 heteroatoms. The third kappa shape index (κ3) is 4.53. The average Bonchev–Trinajstić information content (AvgIpc) is 2.83. The van der Waals surface area contributed by atoms with E-state index in [1.165, 1.54) is 6.07 Å². The van der Waals surface area contributed by atoms with Crippen LogP contribution in [0.5, 0.6) is 0 Å². The van der Waals surface area contributed by atoms with Crippen LogP contribution in [0.25, 0.3) is 0 Å². The third-order valence-electron chi connectivity index (χ3n) is 3.88. The Morgan fingerprint density at radius 3 is 2.71 bits per heavy atom. The fourth-order valence-electron chi connectivity index (χ4n) is 2.51. The number of nitrogens with two attached hydrogens (primary N) is 1. The van der Waals surface area contributed by atoms with Crippen molar-refractivity contribution in [3.05, 3.63) is 16.5 Å². The molecule has 0 aromatic carbocycles. The Kier molecular flexibility index (Phi) is 5.84. The Balaban J connectivity index is 1.88. The van der Waals surface area contributed by atoms with Crippen molar-refractivity contribution in [1.29, 1.82) is 0 Å². The zero-order chi connectivity index (χ0) is 15.5. The zero-order valence-corrected chi connectivity index (χ0v) is 14.5. The molecule has 0 spiro atoms. The van der Waals surface area contributed by atoms with Gasteiger partial charge in [0.25, 0.3) is 0 Å². The van der Waals surface area contributed by atoms with Gasteiger partial charge in [-0.15, -0.1) is 0 Å². The predicted molar refractivity (Wildman–Crippen MR) is 84.3 cm³/mol. The van der Waals surface area contributed by atoms with Crippen molar-refractivity contribution >= 4 is 26.0 Å². The molecule has 0 atom stereocenters. The van der Waals surface area contributed by atoms with E-state index < -0.39 is 10.0 Å². The van der Waals surface area contributed by atoms with Gasteiger partial charge in [-0.1, -0.05) is 0 Å². The number of sulfonamides is 1. The Morgan fingerprint density at radius 1 is 1.48 bits per heavy atom. The number of nitrogens with zero attached hydrogens (tertiary/aromatic N) is 1. The Bertz CT molecular complexity index is 565. The lowest BCUT2D eigenvalue weighted by molar-refractivity contribution is 0.213. The molecular weight excluding hydrogens is 358 g/mol. The van der Waals surface area contributed by atoms with Crippen molar-refractivity contribution < 1.29 is 12.8 Å². The molecule has 1 aliphatic heterocycles. The molecule has 0 radical (unpaired) electrons. The van der Waals surface area contributed by atoms with Gasteiger partial charge in [0.2, 0.25) is 10.0 Å². The summed E-state index contributed by atoms with van der Waals surface area (Å²) >= 11 is 3.12. The summed E-state index contributed by atoms with van der Waals surface area (Å²) in [6.45, 7) is 2.80. The maximum atomic E-state index is 12.2. The maximum absolute atomic E-state index is 12.2. The number of likely N-dealkylation sites (tertiary alicyclic amines) is 1. The van der Waals surface area contributed by atoms with E-state index in [0.29, 0.717) is 18.2 Å². The Hall–Kier alpha value is -0.410. The van der Waals surface area contributed by atoms with Crippen LogP contribution in [0.15, 0.2) is 20.0 Å². The van der Waals surface area contributed by atoms with Gasteiger partial charge in [0.15, 0.2) is 4.67 Å². The molecule has 1 aromatic rings. The van der Waals surface area contributed by atoms with Crippen molar-refractivity contribution in [2.45, 2.75) is 30.7 Å². The molecule has 2 heterocycles. The van der Waals surface area contributed by atoms with Gasteiger partial charge in [0, 0.05) is 12.6 Å². The highest BCUT2D eigenvalue weighted by Crippen LogP contribution is 2.26. The molecular formula is C13H22BrN3O3S. The van der Waals surface area contributed by atoms with Crippen LogP contribution >= 0.6 is 15.9 Å². The maximum Gasteiger partial charge on any atom is 0.244 e. The smallest absolute Gasteiger partial charge is 0.244 e. The standard InChI is InChI=1S/C13H22BrN3O3S/c1-17-6-3-10(4-7-17)2-5-16-21(18,19)12-8-11(9-15)20-13(12)14/h8,10,16H,2-7,9,15H2,1H3. The van der Waals surface area contributed by atoms with E-state index in [2.05, 4.69) is 32.6 Å². The van der Waals surface area contributed by atoms with E-state index in [1.54, 1.807) is 0 Å². The molecule has 1 aromatic heterocycles. The van der Waals surface area contributed by atoms with Gasteiger partial charge in [-0.05, 0) is 61.2 Å². The fraction of sp³-hybridized carbons (Fsp3) is 0.692. The molecule has 2 rings (SSSR count). The van der Waals surface area contributed by atoms with Crippen LogP contribution in [0.1, 0.15) is 25.0 Å². The number of piperidine rings is 1. The normalized spacial score (nSPS) is 18.2. The minimum atomic E-state index is -3.55. The molecule has 0 aliphatic carbocycles. The van der Waals surface area contributed by atoms with Gasteiger partial charge < -0.3 is 15.1 Å². The first-order valence-corrected chi connectivity index (χ1v) is 9.36. The second kappa shape index (κ2) is 7.23. The molecule has 1 saturated heterocycles. The highest BCUT2D eigenvalue weighted by Gasteiger charge is 2.23. The number of hydrogen-bond donors (Lipinski definition) is 2. The summed E-state index contributed by atoms with van der Waals surface area (Å²) in [6.07, 6.45) is 3.13. The lowest BCUT2D eigenvalue weighted by Gasteiger charge is -2.28. The van der Waals surface area contributed by atoms with Crippen molar-refractivity contribution in [3.63, 3.8) is 0 Å². The van der Waals surface area contributed by atoms with Crippen LogP contribution in [0.2, 0.25) is 0 Å². The summed E-state index contributed by atoms with van der Waals surface area (Å²) in [5.41, 5.74) is 5.45. The summed E-state index contributed by atoms with van der Waals surface area (Å²) < 4.78 is 32.5. The number of rotatable bonds is 6.